The number of nitrogens with one attached hydrogen (secondary N) is 1. The summed E-state index contributed by atoms with van der Waals surface area (Å²) in [5.41, 5.74) is 2.03. The first-order valence-corrected chi connectivity index (χ1v) is 6.50. The molecule has 0 amide bonds. The van der Waals surface area contributed by atoms with Crippen LogP contribution in [0.25, 0.3) is 0 Å². The molecule has 1 aromatic carbocycles. The summed E-state index contributed by atoms with van der Waals surface area (Å²) in [6, 6.07) is 7.20. The third-order valence-electron chi connectivity index (χ3n) is 3.80. The van der Waals surface area contributed by atoms with Gasteiger partial charge in [-0.1, -0.05) is 0 Å². The molecule has 1 fully saturated rings. The quantitative estimate of drug-likeness (QED) is 0.768. The average Bonchev–Trinajstić information content (AvgIpc) is 3.16. The molecule has 0 spiro atoms. The van der Waals surface area contributed by atoms with Gasteiger partial charge in [0.15, 0.2) is 5.78 Å². The lowest BCUT2D eigenvalue weighted by Gasteiger charge is -2.16. The standard InChI is InChI=1S/C15H18N2O2/c1-11(19)12-2-3-13(9-16)14(8-12)17-10-15(4-5-15)6-7-18/h2-3,8,17-18H,4-7,10H2,1H3. The smallest absolute Gasteiger partial charge is 0.159 e. The van der Waals surface area contributed by atoms with Crippen LogP contribution in [0.2, 0.25) is 0 Å². The van der Waals surface area contributed by atoms with Crippen molar-refractivity contribution in [2.75, 3.05) is 18.5 Å². The van der Waals surface area contributed by atoms with Crippen molar-refractivity contribution in [1.29, 1.82) is 5.26 Å². The van der Waals surface area contributed by atoms with Crippen LogP contribution in [0.4, 0.5) is 5.69 Å². The minimum atomic E-state index is -0.0102. The first kappa shape index (κ1) is 13.6. The molecule has 0 bridgehead atoms. The summed E-state index contributed by atoms with van der Waals surface area (Å²) in [5.74, 6) is -0.0102. The van der Waals surface area contributed by atoms with Crippen LogP contribution >= 0.6 is 0 Å². The number of ketones is 1. The number of nitriles is 1. The Labute approximate surface area is 113 Å². The minimum Gasteiger partial charge on any atom is -0.396 e. The van der Waals surface area contributed by atoms with E-state index in [0.29, 0.717) is 16.8 Å². The Bertz CT molecular complexity index is 527. The van der Waals surface area contributed by atoms with Crippen LogP contribution in [-0.4, -0.2) is 24.0 Å². The van der Waals surface area contributed by atoms with E-state index in [0.717, 1.165) is 25.8 Å². The van der Waals surface area contributed by atoms with Crippen LogP contribution in [0.3, 0.4) is 0 Å². The molecule has 0 aromatic heterocycles. The first-order chi connectivity index (χ1) is 9.10. The van der Waals surface area contributed by atoms with E-state index in [1.165, 1.54) is 6.92 Å². The normalized spacial score (nSPS) is 15.6. The number of Topliss-reactive ketones (excluding diaryl/α,β-unsaturated/α-hetero) is 1. The summed E-state index contributed by atoms with van der Waals surface area (Å²) in [7, 11) is 0. The van der Waals surface area contributed by atoms with Crippen molar-refractivity contribution in [3.8, 4) is 6.07 Å². The number of aliphatic hydroxyl groups is 1. The second-order valence-electron chi connectivity index (χ2n) is 5.26. The van der Waals surface area contributed by atoms with Gasteiger partial charge in [0.05, 0.1) is 11.3 Å². The topological polar surface area (TPSA) is 73.1 Å². The fourth-order valence-electron chi connectivity index (χ4n) is 2.22. The monoisotopic (exact) mass is 258 g/mol. The number of aliphatic hydroxyl groups excluding tert-OH is 1. The molecular formula is C15H18N2O2. The largest absolute Gasteiger partial charge is 0.396 e. The van der Waals surface area contributed by atoms with Crippen LogP contribution in [0, 0.1) is 16.7 Å². The summed E-state index contributed by atoms with van der Waals surface area (Å²) in [6.45, 7) is 2.45. The number of carbonyl (C=O) groups is 1. The lowest BCUT2D eigenvalue weighted by atomic mass is 10.0. The molecule has 0 aliphatic heterocycles. The molecule has 4 nitrogen and oxygen atoms in total. The molecule has 1 aromatic rings. The van der Waals surface area contributed by atoms with Crippen LogP contribution in [0.15, 0.2) is 18.2 Å². The maximum absolute atomic E-state index is 11.4. The summed E-state index contributed by atoms with van der Waals surface area (Å²) >= 11 is 0. The van der Waals surface area contributed by atoms with Gasteiger partial charge in [0.1, 0.15) is 6.07 Å². The molecule has 4 heteroatoms. The van der Waals surface area contributed by atoms with Crippen LogP contribution in [0.5, 0.6) is 0 Å². The number of hydrogen-bond acceptors (Lipinski definition) is 4. The SMILES string of the molecule is CC(=O)c1ccc(C#N)c(NCC2(CCO)CC2)c1. The predicted octanol–water partition coefficient (Wildman–Crippen LogP) is 2.34. The molecule has 0 unspecified atom stereocenters. The number of rotatable bonds is 6. The van der Waals surface area contributed by atoms with E-state index < -0.39 is 0 Å². The van der Waals surface area contributed by atoms with Gasteiger partial charge in [0, 0.05) is 18.7 Å². The van der Waals surface area contributed by atoms with Gasteiger partial charge in [-0.05, 0) is 49.8 Å². The molecule has 1 aliphatic carbocycles. The van der Waals surface area contributed by atoms with E-state index in [2.05, 4.69) is 11.4 Å². The average molecular weight is 258 g/mol. The van der Waals surface area contributed by atoms with E-state index in [1.54, 1.807) is 18.2 Å². The number of hydrogen-bond donors (Lipinski definition) is 2. The van der Waals surface area contributed by atoms with Crippen molar-refractivity contribution in [3.63, 3.8) is 0 Å². The predicted molar refractivity (Wildman–Crippen MR) is 73.0 cm³/mol. The lowest BCUT2D eigenvalue weighted by molar-refractivity contribution is 0.101. The zero-order valence-corrected chi connectivity index (χ0v) is 11.1. The summed E-state index contributed by atoms with van der Waals surface area (Å²) < 4.78 is 0. The summed E-state index contributed by atoms with van der Waals surface area (Å²) in [4.78, 5) is 11.4. The van der Waals surface area contributed by atoms with Gasteiger partial charge >= 0.3 is 0 Å². The van der Waals surface area contributed by atoms with E-state index >= 15 is 0 Å². The third-order valence-corrected chi connectivity index (χ3v) is 3.80. The fraction of sp³-hybridized carbons (Fsp3) is 0.467. The molecule has 1 saturated carbocycles. The molecule has 0 radical (unpaired) electrons. The Kier molecular flexibility index (Phi) is 3.87. The highest BCUT2D eigenvalue weighted by atomic mass is 16.3. The molecule has 2 N–H and O–H groups in total. The summed E-state index contributed by atoms with van der Waals surface area (Å²) in [5, 5.41) is 21.4. The number of anilines is 1. The molecule has 2 rings (SSSR count). The highest BCUT2D eigenvalue weighted by Gasteiger charge is 2.41. The molecule has 0 heterocycles. The Morgan fingerprint density at radius 1 is 1.53 bits per heavy atom. The van der Waals surface area contributed by atoms with Gasteiger partial charge in [-0.2, -0.15) is 5.26 Å². The lowest BCUT2D eigenvalue weighted by Crippen LogP contribution is -2.17. The van der Waals surface area contributed by atoms with Crippen molar-refractivity contribution in [1.82, 2.24) is 0 Å². The van der Waals surface area contributed by atoms with Gasteiger partial charge in [0.2, 0.25) is 0 Å². The Balaban J connectivity index is 2.12. The van der Waals surface area contributed by atoms with E-state index in [-0.39, 0.29) is 17.8 Å². The van der Waals surface area contributed by atoms with Crippen molar-refractivity contribution in [2.45, 2.75) is 26.2 Å². The highest BCUT2D eigenvalue weighted by Crippen LogP contribution is 2.48. The molecule has 0 atom stereocenters. The maximum atomic E-state index is 11.4. The van der Waals surface area contributed by atoms with Gasteiger partial charge in [-0.3, -0.25) is 4.79 Å². The van der Waals surface area contributed by atoms with Crippen molar-refractivity contribution in [3.05, 3.63) is 29.3 Å². The van der Waals surface area contributed by atoms with E-state index in [1.807, 2.05) is 0 Å². The van der Waals surface area contributed by atoms with Crippen LogP contribution in [-0.2, 0) is 0 Å². The Morgan fingerprint density at radius 2 is 2.26 bits per heavy atom. The van der Waals surface area contributed by atoms with E-state index in [9.17, 15) is 4.79 Å². The number of nitrogens with zero attached hydrogens (tertiary/aromatic N) is 1. The van der Waals surface area contributed by atoms with Gasteiger partial charge < -0.3 is 10.4 Å². The molecule has 100 valence electrons. The minimum absolute atomic E-state index is 0.0102. The van der Waals surface area contributed by atoms with Gasteiger partial charge in [-0.25, -0.2) is 0 Å². The van der Waals surface area contributed by atoms with Crippen LogP contribution in [0.1, 0.15) is 42.1 Å². The summed E-state index contributed by atoms with van der Waals surface area (Å²) in [6.07, 6.45) is 3.00. The van der Waals surface area contributed by atoms with Crippen LogP contribution < -0.4 is 5.32 Å². The van der Waals surface area contributed by atoms with Crippen molar-refractivity contribution >= 4 is 11.5 Å². The number of benzene rings is 1. The molecule has 1 aliphatic rings. The Hall–Kier alpha value is -1.86. The number of carbonyl (C=O) groups excluding carboxylic acids is 1. The molecule has 0 saturated heterocycles. The molecule has 19 heavy (non-hydrogen) atoms. The van der Waals surface area contributed by atoms with Crippen molar-refractivity contribution < 1.29 is 9.90 Å². The fourth-order valence-corrected chi connectivity index (χ4v) is 2.22. The second-order valence-corrected chi connectivity index (χ2v) is 5.26. The van der Waals surface area contributed by atoms with Gasteiger partial charge in [0.25, 0.3) is 0 Å². The zero-order chi connectivity index (χ0) is 13.9. The Morgan fingerprint density at radius 3 is 2.79 bits per heavy atom. The second kappa shape index (κ2) is 5.41. The third kappa shape index (κ3) is 3.12. The highest BCUT2D eigenvalue weighted by molar-refractivity contribution is 5.95. The molecular weight excluding hydrogens is 240 g/mol. The first-order valence-electron chi connectivity index (χ1n) is 6.50. The zero-order valence-electron chi connectivity index (χ0n) is 11.1. The van der Waals surface area contributed by atoms with Gasteiger partial charge in [-0.15, -0.1) is 0 Å². The van der Waals surface area contributed by atoms with E-state index in [4.69, 9.17) is 10.4 Å². The van der Waals surface area contributed by atoms with Crippen molar-refractivity contribution in [2.24, 2.45) is 5.41 Å². The maximum Gasteiger partial charge on any atom is 0.159 e.